The van der Waals surface area contributed by atoms with E-state index >= 15 is 0 Å². The first kappa shape index (κ1) is 20.5. The molecule has 0 bridgehead atoms. The molecule has 33 heavy (non-hydrogen) atoms. The van der Waals surface area contributed by atoms with E-state index in [2.05, 4.69) is 20.0 Å². The zero-order valence-electron chi connectivity index (χ0n) is 18.1. The molecule has 0 unspecified atom stereocenters. The van der Waals surface area contributed by atoms with E-state index in [0.717, 1.165) is 33.7 Å². The minimum Gasteiger partial charge on any atom is -0.362 e. The van der Waals surface area contributed by atoms with Gasteiger partial charge in [-0.05, 0) is 17.2 Å². The van der Waals surface area contributed by atoms with Gasteiger partial charge in [0.05, 0.1) is 23.8 Å². The van der Waals surface area contributed by atoms with Crippen LogP contribution < -0.4 is 5.73 Å². The molecule has 8 heteroatoms. The van der Waals surface area contributed by atoms with E-state index in [0.29, 0.717) is 23.5 Å². The highest BCUT2D eigenvalue weighted by Gasteiger charge is 2.24. The van der Waals surface area contributed by atoms with Crippen molar-refractivity contribution in [2.75, 3.05) is 13.1 Å². The quantitative estimate of drug-likeness (QED) is 0.486. The van der Waals surface area contributed by atoms with Gasteiger partial charge in [-0.15, -0.1) is 5.10 Å². The number of nitrogens with zero attached hydrogens (tertiary/aromatic N) is 6. The molecule has 0 saturated heterocycles. The van der Waals surface area contributed by atoms with Gasteiger partial charge in [-0.3, -0.25) is 14.5 Å². The number of aliphatic imine (C=N–C) groups is 1. The summed E-state index contributed by atoms with van der Waals surface area (Å²) in [6, 6.07) is 15.6. The Bertz CT molecular complexity index is 1440. The fourth-order valence-corrected chi connectivity index (χ4v) is 4.21. The van der Waals surface area contributed by atoms with Crippen molar-refractivity contribution in [2.45, 2.75) is 6.54 Å². The van der Waals surface area contributed by atoms with E-state index in [1.165, 1.54) is 0 Å². The largest absolute Gasteiger partial charge is 0.362 e. The van der Waals surface area contributed by atoms with Gasteiger partial charge in [-0.1, -0.05) is 49.0 Å². The Hall–Kier alpha value is -4.35. The van der Waals surface area contributed by atoms with Crippen LogP contribution in [0.4, 0.5) is 5.82 Å². The molecule has 0 atom stereocenters. The van der Waals surface area contributed by atoms with Gasteiger partial charge in [0.1, 0.15) is 13.1 Å². The minimum atomic E-state index is -0.0161. The van der Waals surface area contributed by atoms with Crippen LogP contribution in [0.2, 0.25) is 0 Å². The second-order valence-electron chi connectivity index (χ2n) is 7.82. The number of hydrogen-bond donors (Lipinski definition) is 1. The van der Waals surface area contributed by atoms with Crippen molar-refractivity contribution in [3.8, 4) is 22.4 Å². The molecule has 2 aromatic carbocycles. The Morgan fingerprint density at radius 2 is 1.82 bits per heavy atom. The Morgan fingerprint density at radius 3 is 2.58 bits per heavy atom. The van der Waals surface area contributed by atoms with Gasteiger partial charge >= 0.3 is 0 Å². The Kier molecular flexibility index (Phi) is 5.17. The van der Waals surface area contributed by atoms with Gasteiger partial charge in [0, 0.05) is 35.8 Å². The zero-order chi connectivity index (χ0) is 22.9. The molecule has 8 nitrogen and oxygen atoms in total. The van der Waals surface area contributed by atoms with Gasteiger partial charge in [-0.2, -0.15) is 9.78 Å². The van der Waals surface area contributed by atoms with Crippen molar-refractivity contribution in [3.05, 3.63) is 89.0 Å². The van der Waals surface area contributed by atoms with E-state index in [-0.39, 0.29) is 18.9 Å². The molecule has 0 radical (unpaired) electrons. The maximum absolute atomic E-state index is 12.3. The van der Waals surface area contributed by atoms with Crippen molar-refractivity contribution in [1.82, 2.24) is 19.6 Å². The lowest BCUT2D eigenvalue weighted by Gasteiger charge is -2.16. The summed E-state index contributed by atoms with van der Waals surface area (Å²) in [6.45, 7) is 8.72. The molecule has 2 aromatic heterocycles. The van der Waals surface area contributed by atoms with Crippen LogP contribution in [-0.2, 0) is 13.6 Å². The maximum atomic E-state index is 12.3. The minimum absolute atomic E-state index is 0.0161. The average molecular weight is 435 g/mol. The summed E-state index contributed by atoms with van der Waals surface area (Å²) >= 11 is 0. The third kappa shape index (κ3) is 3.54. The number of carbonyl (C=O) groups is 1. The van der Waals surface area contributed by atoms with Gasteiger partial charge in [0.2, 0.25) is 0 Å². The van der Waals surface area contributed by atoms with Crippen molar-refractivity contribution in [3.63, 3.8) is 0 Å². The molecule has 162 valence electrons. The number of hydrogen-bond acceptors (Lipinski definition) is 5. The molecular formula is C25H21N7O. The van der Waals surface area contributed by atoms with Crippen LogP contribution >= 0.6 is 0 Å². The summed E-state index contributed by atoms with van der Waals surface area (Å²) < 4.78 is 3.45. The second kappa shape index (κ2) is 8.30. The molecule has 0 fully saturated rings. The number of nitrogens with two attached hydrogens (primary N) is 1. The molecule has 5 rings (SSSR count). The molecular weight excluding hydrogens is 414 g/mol. The highest BCUT2D eigenvalue weighted by Crippen LogP contribution is 2.38. The van der Waals surface area contributed by atoms with Crippen molar-refractivity contribution >= 4 is 17.3 Å². The van der Waals surface area contributed by atoms with Gasteiger partial charge in [0.25, 0.3) is 5.82 Å². The standard InChI is InChI=1S/C25H21N7O/c1-27-25-21(13-30-32(25)15-16-6-4-3-5-7-16)24-20(12-29-31(24)2)17-8-9-18-19(10-17)22(11-26)28-14-23(18)33/h3-10,12-13H,11,14-15,26H2,2H3. The summed E-state index contributed by atoms with van der Waals surface area (Å²) in [5, 5.41) is 8.96. The smallest absolute Gasteiger partial charge is 0.261 e. The van der Waals surface area contributed by atoms with E-state index < -0.39 is 0 Å². The van der Waals surface area contributed by atoms with Crippen LogP contribution in [0, 0.1) is 6.57 Å². The summed E-state index contributed by atoms with van der Waals surface area (Å²) in [6.07, 6.45) is 3.48. The van der Waals surface area contributed by atoms with Crippen LogP contribution in [0.15, 0.2) is 65.9 Å². The lowest BCUT2D eigenvalue weighted by Crippen LogP contribution is -2.24. The molecule has 3 heterocycles. The number of Topliss-reactive ketones (excluding diaryl/α,β-unsaturated/α-hetero) is 1. The number of carbonyl (C=O) groups excluding carboxylic acids is 1. The summed E-state index contributed by atoms with van der Waals surface area (Å²) in [5.74, 6) is 0.429. The normalized spacial score (nSPS) is 12.9. The first-order valence-corrected chi connectivity index (χ1v) is 10.5. The molecule has 0 aliphatic carbocycles. The summed E-state index contributed by atoms with van der Waals surface area (Å²) in [4.78, 5) is 20.4. The topological polar surface area (TPSA) is 95.4 Å². The van der Waals surface area contributed by atoms with Crippen LogP contribution in [0.25, 0.3) is 27.2 Å². The predicted molar refractivity (Wildman–Crippen MR) is 126 cm³/mol. The van der Waals surface area contributed by atoms with Crippen molar-refractivity contribution < 1.29 is 4.79 Å². The highest BCUT2D eigenvalue weighted by molar-refractivity contribution is 6.16. The Labute approximate surface area is 190 Å². The molecule has 0 amide bonds. The molecule has 1 aliphatic heterocycles. The van der Waals surface area contributed by atoms with E-state index in [4.69, 9.17) is 12.3 Å². The highest BCUT2D eigenvalue weighted by atomic mass is 16.1. The Balaban J connectivity index is 1.61. The fourth-order valence-electron chi connectivity index (χ4n) is 4.21. The first-order chi connectivity index (χ1) is 16.1. The van der Waals surface area contributed by atoms with Crippen LogP contribution in [0.1, 0.15) is 21.5 Å². The third-order valence-corrected chi connectivity index (χ3v) is 5.84. The first-order valence-electron chi connectivity index (χ1n) is 10.5. The second-order valence-corrected chi connectivity index (χ2v) is 7.82. The SMILES string of the molecule is [C-]#[N+]c1c(-c2c(-c3ccc4c(c3)C(CN)=NCC4=O)cnn2C)cnn1Cc1ccccc1. The predicted octanol–water partition coefficient (Wildman–Crippen LogP) is 3.49. The van der Waals surface area contributed by atoms with Crippen LogP contribution in [0.3, 0.4) is 0 Å². The monoisotopic (exact) mass is 435 g/mol. The van der Waals surface area contributed by atoms with Crippen molar-refractivity contribution in [1.29, 1.82) is 0 Å². The fraction of sp³-hybridized carbons (Fsp3) is 0.160. The number of ketones is 1. The number of aryl methyl sites for hydroxylation is 1. The number of rotatable bonds is 5. The number of aromatic nitrogens is 4. The summed E-state index contributed by atoms with van der Waals surface area (Å²) in [5.41, 5.74) is 12.3. The lowest BCUT2D eigenvalue weighted by atomic mass is 9.92. The number of benzene rings is 2. The van der Waals surface area contributed by atoms with E-state index in [9.17, 15) is 4.79 Å². The van der Waals surface area contributed by atoms with Crippen LogP contribution in [-0.4, -0.2) is 44.1 Å². The summed E-state index contributed by atoms with van der Waals surface area (Å²) in [7, 11) is 1.84. The van der Waals surface area contributed by atoms with E-state index in [1.54, 1.807) is 21.8 Å². The lowest BCUT2D eigenvalue weighted by molar-refractivity contribution is 0.1000. The molecule has 4 aromatic rings. The van der Waals surface area contributed by atoms with Gasteiger partial charge < -0.3 is 10.6 Å². The third-order valence-electron chi connectivity index (χ3n) is 5.84. The molecule has 2 N–H and O–H groups in total. The zero-order valence-corrected chi connectivity index (χ0v) is 18.1. The molecule has 0 spiro atoms. The average Bonchev–Trinajstić information content (AvgIpc) is 3.42. The number of fused-ring (bicyclic) bond motifs is 1. The van der Waals surface area contributed by atoms with Gasteiger partial charge in [0.15, 0.2) is 5.78 Å². The van der Waals surface area contributed by atoms with Crippen LogP contribution in [0.5, 0.6) is 0 Å². The van der Waals surface area contributed by atoms with Crippen molar-refractivity contribution in [2.24, 2.45) is 17.8 Å². The van der Waals surface area contributed by atoms with E-state index in [1.807, 2.05) is 55.6 Å². The molecule has 0 saturated carbocycles. The maximum Gasteiger partial charge on any atom is 0.261 e. The Morgan fingerprint density at radius 1 is 1.03 bits per heavy atom. The van der Waals surface area contributed by atoms with Gasteiger partial charge in [-0.25, -0.2) is 0 Å². The molecule has 1 aliphatic rings.